The summed E-state index contributed by atoms with van der Waals surface area (Å²) < 4.78 is 18.7. The van der Waals surface area contributed by atoms with Gasteiger partial charge in [0.25, 0.3) is 0 Å². The Hall–Kier alpha value is -0.450. The van der Waals surface area contributed by atoms with Crippen molar-refractivity contribution in [2.24, 2.45) is 5.92 Å². The van der Waals surface area contributed by atoms with Crippen molar-refractivity contribution in [1.82, 2.24) is 0 Å². The average molecular weight is 291 g/mol. The molecule has 0 aliphatic rings. The Morgan fingerprint density at radius 3 is 2.81 bits per heavy atom. The molecular weight excluding hydrogens is 275 g/mol. The fourth-order valence-corrected chi connectivity index (χ4v) is 1.99. The summed E-state index contributed by atoms with van der Waals surface area (Å²) in [5.74, 6) is -0.311. The predicted octanol–water partition coefficient (Wildman–Crippen LogP) is 3.29. The van der Waals surface area contributed by atoms with Crippen LogP contribution in [0.1, 0.15) is 25.0 Å². The van der Waals surface area contributed by atoms with E-state index in [1.807, 2.05) is 6.92 Å². The fourth-order valence-electron chi connectivity index (χ4n) is 1.51. The molecule has 16 heavy (non-hydrogen) atoms. The molecule has 0 fully saturated rings. The topological polar surface area (TPSA) is 29.5 Å². The number of hydrogen-bond donors (Lipinski definition) is 1. The second-order valence-corrected chi connectivity index (χ2v) is 4.72. The van der Waals surface area contributed by atoms with Crippen LogP contribution in [0.3, 0.4) is 0 Å². The van der Waals surface area contributed by atoms with E-state index in [9.17, 15) is 9.50 Å². The van der Waals surface area contributed by atoms with Gasteiger partial charge >= 0.3 is 0 Å². The second-order valence-electron chi connectivity index (χ2n) is 3.87. The van der Waals surface area contributed by atoms with E-state index in [0.717, 1.165) is 10.9 Å². The standard InChI is InChI=1S/C12H16BrFO2/c1-8(5-6-16-2)12(15)10-7-9(14)3-4-11(10)13/h3-4,7-8,12,15H,5-6H2,1-2H3. The number of aliphatic hydroxyl groups is 1. The van der Waals surface area contributed by atoms with E-state index in [4.69, 9.17) is 4.74 Å². The molecule has 2 atom stereocenters. The molecule has 1 aromatic rings. The Bertz CT molecular complexity index is 344. The van der Waals surface area contributed by atoms with Gasteiger partial charge in [-0.2, -0.15) is 0 Å². The first-order valence-corrected chi connectivity index (χ1v) is 5.97. The maximum Gasteiger partial charge on any atom is 0.123 e. The third-order valence-corrected chi connectivity index (χ3v) is 3.32. The van der Waals surface area contributed by atoms with Crippen LogP contribution < -0.4 is 0 Å². The molecule has 0 radical (unpaired) electrons. The second kappa shape index (κ2) is 6.33. The van der Waals surface area contributed by atoms with Gasteiger partial charge in [-0.3, -0.25) is 0 Å². The van der Waals surface area contributed by atoms with Crippen molar-refractivity contribution in [3.63, 3.8) is 0 Å². The van der Waals surface area contributed by atoms with Gasteiger partial charge in [0.15, 0.2) is 0 Å². The van der Waals surface area contributed by atoms with Gasteiger partial charge in [0.2, 0.25) is 0 Å². The van der Waals surface area contributed by atoms with Crippen molar-refractivity contribution in [2.45, 2.75) is 19.4 Å². The van der Waals surface area contributed by atoms with Gasteiger partial charge in [0.1, 0.15) is 5.82 Å². The maximum atomic E-state index is 13.1. The van der Waals surface area contributed by atoms with Gasteiger partial charge in [0.05, 0.1) is 6.10 Å². The summed E-state index contributed by atoms with van der Waals surface area (Å²) in [6, 6.07) is 4.33. The Morgan fingerprint density at radius 1 is 1.50 bits per heavy atom. The molecule has 2 nitrogen and oxygen atoms in total. The molecule has 0 aromatic heterocycles. The van der Waals surface area contributed by atoms with E-state index in [-0.39, 0.29) is 11.7 Å². The van der Waals surface area contributed by atoms with Crippen LogP contribution in [-0.4, -0.2) is 18.8 Å². The summed E-state index contributed by atoms with van der Waals surface area (Å²) in [7, 11) is 1.62. The molecule has 0 aliphatic carbocycles. The van der Waals surface area contributed by atoms with Crippen molar-refractivity contribution >= 4 is 15.9 Å². The molecule has 0 saturated carbocycles. The van der Waals surface area contributed by atoms with E-state index in [0.29, 0.717) is 12.2 Å². The highest BCUT2D eigenvalue weighted by molar-refractivity contribution is 9.10. The summed E-state index contributed by atoms with van der Waals surface area (Å²) in [6.45, 7) is 2.51. The summed E-state index contributed by atoms with van der Waals surface area (Å²) in [5, 5.41) is 10.1. The molecule has 90 valence electrons. The minimum absolute atomic E-state index is 0.0260. The third-order valence-electron chi connectivity index (χ3n) is 2.59. The zero-order valence-electron chi connectivity index (χ0n) is 9.41. The first-order valence-electron chi connectivity index (χ1n) is 5.18. The summed E-state index contributed by atoms with van der Waals surface area (Å²) >= 11 is 3.31. The zero-order chi connectivity index (χ0) is 12.1. The summed E-state index contributed by atoms with van der Waals surface area (Å²) in [6.07, 6.45) is 0.0564. The summed E-state index contributed by atoms with van der Waals surface area (Å²) in [5.41, 5.74) is 0.587. The van der Waals surface area contributed by atoms with Crippen LogP contribution in [0.15, 0.2) is 22.7 Å². The normalized spacial score (nSPS) is 14.8. The minimum Gasteiger partial charge on any atom is -0.388 e. The smallest absolute Gasteiger partial charge is 0.123 e. The molecule has 0 spiro atoms. The van der Waals surface area contributed by atoms with Crippen LogP contribution in [0, 0.1) is 11.7 Å². The molecule has 0 aliphatic heterocycles. The van der Waals surface area contributed by atoms with Crippen LogP contribution in [0.2, 0.25) is 0 Å². The van der Waals surface area contributed by atoms with Crippen molar-refractivity contribution in [3.8, 4) is 0 Å². The van der Waals surface area contributed by atoms with Crippen LogP contribution in [0.5, 0.6) is 0 Å². The van der Waals surface area contributed by atoms with E-state index < -0.39 is 6.10 Å². The van der Waals surface area contributed by atoms with Crippen molar-refractivity contribution in [3.05, 3.63) is 34.1 Å². The van der Waals surface area contributed by atoms with Gasteiger partial charge in [-0.15, -0.1) is 0 Å². The number of hydrogen-bond acceptors (Lipinski definition) is 2. The third kappa shape index (κ3) is 3.54. The lowest BCUT2D eigenvalue weighted by Crippen LogP contribution is -2.12. The molecule has 2 unspecified atom stereocenters. The highest BCUT2D eigenvalue weighted by atomic mass is 79.9. The lowest BCUT2D eigenvalue weighted by Gasteiger charge is -2.20. The Morgan fingerprint density at radius 2 is 2.19 bits per heavy atom. The molecule has 0 heterocycles. The zero-order valence-corrected chi connectivity index (χ0v) is 11.0. The van der Waals surface area contributed by atoms with Gasteiger partial charge < -0.3 is 9.84 Å². The highest BCUT2D eigenvalue weighted by Gasteiger charge is 2.19. The Balaban J connectivity index is 2.78. The molecule has 4 heteroatoms. The molecule has 1 N–H and O–H groups in total. The fraction of sp³-hybridized carbons (Fsp3) is 0.500. The number of benzene rings is 1. The van der Waals surface area contributed by atoms with Gasteiger partial charge in [0, 0.05) is 18.2 Å². The van der Waals surface area contributed by atoms with Crippen LogP contribution in [0.4, 0.5) is 4.39 Å². The number of rotatable bonds is 5. The van der Waals surface area contributed by atoms with Crippen molar-refractivity contribution in [2.75, 3.05) is 13.7 Å². The molecule has 0 amide bonds. The van der Waals surface area contributed by atoms with Gasteiger partial charge in [-0.1, -0.05) is 22.9 Å². The number of methoxy groups -OCH3 is 1. The first-order chi connectivity index (χ1) is 7.56. The van der Waals surface area contributed by atoms with Crippen LogP contribution >= 0.6 is 15.9 Å². The molecule has 1 aromatic carbocycles. The minimum atomic E-state index is -0.680. The maximum absolute atomic E-state index is 13.1. The highest BCUT2D eigenvalue weighted by Crippen LogP contribution is 2.30. The van der Waals surface area contributed by atoms with Gasteiger partial charge in [-0.05, 0) is 36.1 Å². The average Bonchev–Trinajstić information content (AvgIpc) is 2.28. The molecular formula is C12H16BrFO2. The number of ether oxygens (including phenoxy) is 1. The van der Waals surface area contributed by atoms with Gasteiger partial charge in [-0.25, -0.2) is 4.39 Å². The monoisotopic (exact) mass is 290 g/mol. The quantitative estimate of drug-likeness (QED) is 0.902. The molecule has 0 saturated heterocycles. The van der Waals surface area contributed by atoms with E-state index in [2.05, 4.69) is 15.9 Å². The number of aliphatic hydroxyl groups excluding tert-OH is 1. The van der Waals surface area contributed by atoms with Crippen LogP contribution in [0.25, 0.3) is 0 Å². The van der Waals surface area contributed by atoms with Crippen molar-refractivity contribution < 1.29 is 14.2 Å². The lowest BCUT2D eigenvalue weighted by atomic mass is 9.95. The van der Waals surface area contributed by atoms with E-state index in [1.165, 1.54) is 12.1 Å². The predicted molar refractivity (Wildman–Crippen MR) is 64.7 cm³/mol. The lowest BCUT2D eigenvalue weighted by molar-refractivity contribution is 0.0879. The largest absolute Gasteiger partial charge is 0.388 e. The van der Waals surface area contributed by atoms with E-state index in [1.54, 1.807) is 13.2 Å². The van der Waals surface area contributed by atoms with Crippen molar-refractivity contribution in [1.29, 1.82) is 0 Å². The Kier molecular flexibility index (Phi) is 5.38. The first kappa shape index (κ1) is 13.6. The Labute approximate surface area is 104 Å². The number of halogens is 2. The van der Waals surface area contributed by atoms with E-state index >= 15 is 0 Å². The van der Waals surface area contributed by atoms with Crippen LogP contribution in [-0.2, 0) is 4.74 Å². The molecule has 0 bridgehead atoms. The molecule has 1 rings (SSSR count). The summed E-state index contributed by atoms with van der Waals surface area (Å²) in [4.78, 5) is 0. The SMILES string of the molecule is COCCC(C)C(O)c1cc(F)ccc1Br.